The highest BCUT2D eigenvalue weighted by molar-refractivity contribution is 7.12. The Hall–Kier alpha value is -0.0900. The van der Waals surface area contributed by atoms with Gasteiger partial charge in [0.15, 0.2) is 0 Å². The van der Waals surface area contributed by atoms with Crippen LogP contribution in [0.4, 0.5) is 0 Å². The van der Waals surface area contributed by atoms with E-state index in [1.54, 1.807) is 0 Å². The average molecular weight is 303 g/mol. The number of rotatable bonds is 3. The highest BCUT2D eigenvalue weighted by atomic mass is 35.5. The maximum absolute atomic E-state index is 5.79. The molecule has 1 aromatic rings. The summed E-state index contributed by atoms with van der Waals surface area (Å²) in [4.78, 5) is 5.56. The molecule has 1 aromatic heterocycles. The van der Waals surface area contributed by atoms with Gasteiger partial charge in [-0.3, -0.25) is 4.90 Å². The second-order valence-corrected chi connectivity index (χ2v) is 7.80. The third-order valence-electron chi connectivity index (χ3n) is 3.88. The highest BCUT2D eigenvalue weighted by Gasteiger charge is 2.28. The van der Waals surface area contributed by atoms with Gasteiger partial charge >= 0.3 is 0 Å². The van der Waals surface area contributed by atoms with Gasteiger partial charge in [-0.2, -0.15) is 0 Å². The SMILES string of the molecule is CC1CC(CN)CN1Cc1ccc(C(C)(C)C)s1.Cl. The maximum Gasteiger partial charge on any atom is 0.0330 e. The molecule has 0 bridgehead atoms. The summed E-state index contributed by atoms with van der Waals surface area (Å²) in [6.45, 7) is 12.3. The molecule has 0 saturated carbocycles. The summed E-state index contributed by atoms with van der Waals surface area (Å²) in [5, 5.41) is 0. The topological polar surface area (TPSA) is 29.3 Å². The molecule has 2 atom stereocenters. The fraction of sp³-hybridized carbons (Fsp3) is 0.733. The van der Waals surface area contributed by atoms with Crippen molar-refractivity contribution >= 4 is 23.7 Å². The van der Waals surface area contributed by atoms with Crippen molar-refractivity contribution in [2.75, 3.05) is 13.1 Å². The molecule has 1 saturated heterocycles. The Labute approximate surface area is 127 Å². The maximum atomic E-state index is 5.79. The molecule has 0 amide bonds. The molecule has 0 aromatic carbocycles. The van der Waals surface area contributed by atoms with Crippen LogP contribution in [0.2, 0.25) is 0 Å². The molecule has 4 heteroatoms. The smallest absolute Gasteiger partial charge is 0.0330 e. The van der Waals surface area contributed by atoms with Gasteiger partial charge < -0.3 is 5.73 Å². The number of thiophene rings is 1. The molecule has 0 radical (unpaired) electrons. The number of nitrogens with zero attached hydrogens (tertiary/aromatic N) is 1. The number of hydrogen-bond donors (Lipinski definition) is 1. The molecule has 19 heavy (non-hydrogen) atoms. The Morgan fingerprint density at radius 1 is 1.37 bits per heavy atom. The second-order valence-electron chi connectivity index (χ2n) is 6.63. The molecule has 2 rings (SSSR count). The van der Waals surface area contributed by atoms with Crippen LogP contribution in [0.15, 0.2) is 12.1 Å². The molecular weight excluding hydrogens is 276 g/mol. The van der Waals surface area contributed by atoms with Crippen molar-refractivity contribution in [2.24, 2.45) is 11.7 Å². The summed E-state index contributed by atoms with van der Waals surface area (Å²) >= 11 is 1.96. The normalized spacial score (nSPS) is 24.5. The zero-order valence-electron chi connectivity index (χ0n) is 12.5. The van der Waals surface area contributed by atoms with E-state index in [1.165, 1.54) is 22.7 Å². The lowest BCUT2D eigenvalue weighted by molar-refractivity contribution is 0.258. The molecule has 2 heterocycles. The predicted molar refractivity (Wildman–Crippen MR) is 87.3 cm³/mol. The largest absolute Gasteiger partial charge is 0.330 e. The first-order valence-corrected chi connectivity index (χ1v) is 7.75. The van der Waals surface area contributed by atoms with Gasteiger partial charge in [0.25, 0.3) is 0 Å². The Morgan fingerprint density at radius 3 is 2.53 bits per heavy atom. The van der Waals surface area contributed by atoms with Crippen LogP contribution in [0.1, 0.15) is 43.9 Å². The van der Waals surface area contributed by atoms with Crippen LogP contribution < -0.4 is 5.73 Å². The molecular formula is C15H27ClN2S. The van der Waals surface area contributed by atoms with E-state index >= 15 is 0 Å². The summed E-state index contributed by atoms with van der Waals surface area (Å²) in [6, 6.07) is 5.27. The molecule has 2 unspecified atom stereocenters. The zero-order chi connectivity index (χ0) is 13.3. The van der Waals surface area contributed by atoms with E-state index in [2.05, 4.69) is 44.7 Å². The summed E-state index contributed by atoms with van der Waals surface area (Å²) in [7, 11) is 0. The second kappa shape index (κ2) is 6.57. The van der Waals surface area contributed by atoms with Crippen molar-refractivity contribution in [3.8, 4) is 0 Å². The van der Waals surface area contributed by atoms with E-state index in [1.807, 2.05) is 11.3 Å². The minimum Gasteiger partial charge on any atom is -0.330 e. The lowest BCUT2D eigenvalue weighted by atomic mass is 9.95. The third kappa shape index (κ3) is 4.19. The molecule has 2 nitrogen and oxygen atoms in total. The summed E-state index contributed by atoms with van der Waals surface area (Å²) in [6.07, 6.45) is 1.26. The van der Waals surface area contributed by atoms with Crippen LogP contribution in [0.25, 0.3) is 0 Å². The molecule has 1 fully saturated rings. The first kappa shape index (κ1) is 17.0. The van der Waals surface area contributed by atoms with Gasteiger partial charge in [-0.05, 0) is 43.4 Å². The van der Waals surface area contributed by atoms with Crippen molar-refractivity contribution < 1.29 is 0 Å². The summed E-state index contributed by atoms with van der Waals surface area (Å²) in [5.74, 6) is 0.696. The fourth-order valence-electron chi connectivity index (χ4n) is 2.67. The van der Waals surface area contributed by atoms with E-state index in [4.69, 9.17) is 5.73 Å². The lowest BCUT2D eigenvalue weighted by Gasteiger charge is -2.20. The Kier molecular flexibility index (Phi) is 5.87. The van der Waals surface area contributed by atoms with Crippen molar-refractivity contribution in [2.45, 2.75) is 52.1 Å². The number of hydrogen-bond acceptors (Lipinski definition) is 3. The lowest BCUT2D eigenvalue weighted by Crippen LogP contribution is -2.26. The van der Waals surface area contributed by atoms with E-state index in [0.717, 1.165) is 13.1 Å². The van der Waals surface area contributed by atoms with E-state index in [9.17, 15) is 0 Å². The summed E-state index contributed by atoms with van der Waals surface area (Å²) < 4.78 is 0. The van der Waals surface area contributed by atoms with Gasteiger partial charge in [0.1, 0.15) is 0 Å². The monoisotopic (exact) mass is 302 g/mol. The zero-order valence-corrected chi connectivity index (χ0v) is 14.1. The fourth-order valence-corrected chi connectivity index (χ4v) is 3.77. The third-order valence-corrected chi connectivity index (χ3v) is 5.38. The first-order chi connectivity index (χ1) is 8.40. The van der Waals surface area contributed by atoms with Crippen LogP contribution in [0.5, 0.6) is 0 Å². The van der Waals surface area contributed by atoms with Gasteiger partial charge in [0, 0.05) is 28.9 Å². The van der Waals surface area contributed by atoms with Crippen molar-refractivity contribution in [3.05, 3.63) is 21.9 Å². The molecule has 2 N–H and O–H groups in total. The van der Waals surface area contributed by atoms with Crippen LogP contribution in [-0.2, 0) is 12.0 Å². The summed E-state index contributed by atoms with van der Waals surface area (Å²) in [5.41, 5.74) is 6.07. The molecule has 0 spiro atoms. The van der Waals surface area contributed by atoms with Crippen molar-refractivity contribution in [1.82, 2.24) is 4.90 Å². The van der Waals surface area contributed by atoms with Crippen molar-refractivity contribution in [3.63, 3.8) is 0 Å². The van der Waals surface area contributed by atoms with Gasteiger partial charge in [0.2, 0.25) is 0 Å². The Balaban J connectivity index is 0.00000180. The number of halogens is 1. The highest BCUT2D eigenvalue weighted by Crippen LogP contribution is 2.32. The minimum atomic E-state index is 0. The molecule has 110 valence electrons. The van der Waals surface area contributed by atoms with Gasteiger partial charge in [-0.25, -0.2) is 0 Å². The molecule has 1 aliphatic rings. The van der Waals surface area contributed by atoms with Crippen LogP contribution in [0, 0.1) is 5.92 Å². The Morgan fingerprint density at radius 2 is 2.05 bits per heavy atom. The van der Waals surface area contributed by atoms with E-state index in [-0.39, 0.29) is 17.8 Å². The van der Waals surface area contributed by atoms with Gasteiger partial charge in [-0.15, -0.1) is 23.7 Å². The number of likely N-dealkylation sites (tertiary alicyclic amines) is 1. The predicted octanol–water partition coefficient (Wildman–Crippen LogP) is 3.64. The van der Waals surface area contributed by atoms with Crippen LogP contribution >= 0.6 is 23.7 Å². The van der Waals surface area contributed by atoms with Gasteiger partial charge in [0.05, 0.1) is 0 Å². The van der Waals surface area contributed by atoms with Gasteiger partial charge in [-0.1, -0.05) is 20.8 Å². The average Bonchev–Trinajstić information content (AvgIpc) is 2.86. The van der Waals surface area contributed by atoms with E-state index in [0.29, 0.717) is 12.0 Å². The Bertz CT molecular complexity index is 397. The van der Waals surface area contributed by atoms with Crippen LogP contribution in [-0.4, -0.2) is 24.0 Å². The van der Waals surface area contributed by atoms with Crippen molar-refractivity contribution in [1.29, 1.82) is 0 Å². The standard InChI is InChI=1S/C15H26N2S.ClH/c1-11-7-12(8-16)9-17(11)10-13-5-6-14(18-13)15(2,3)4;/h5-6,11-12H,7-10,16H2,1-4H3;1H. The van der Waals surface area contributed by atoms with Crippen LogP contribution in [0.3, 0.4) is 0 Å². The quantitative estimate of drug-likeness (QED) is 0.924. The minimum absolute atomic E-state index is 0. The number of nitrogens with two attached hydrogens (primary N) is 1. The first-order valence-electron chi connectivity index (χ1n) is 6.93. The van der Waals surface area contributed by atoms with E-state index < -0.39 is 0 Å². The molecule has 1 aliphatic heterocycles. The molecule has 0 aliphatic carbocycles.